The lowest BCUT2D eigenvalue weighted by Gasteiger charge is -2.31. The average molecular weight is 330 g/mol. The molecule has 1 amide bonds. The quantitative estimate of drug-likeness (QED) is 0.806. The molecular formula is C18H19FN2OS. The van der Waals surface area contributed by atoms with Crippen LogP contribution in [0.15, 0.2) is 42.5 Å². The number of carbonyl (C=O) groups is 1. The average Bonchev–Trinajstić information content (AvgIpc) is 3.02. The molecule has 0 bridgehead atoms. The first kappa shape index (κ1) is 15.9. The fourth-order valence-electron chi connectivity index (χ4n) is 2.53. The molecule has 0 N–H and O–H groups in total. The lowest BCUT2D eigenvalue weighted by Crippen LogP contribution is -2.46. The van der Waals surface area contributed by atoms with Gasteiger partial charge in [0.25, 0.3) is 0 Å². The number of piperazine rings is 1. The van der Waals surface area contributed by atoms with Crippen molar-refractivity contribution in [3.8, 4) is 10.4 Å². The van der Waals surface area contributed by atoms with Gasteiger partial charge in [-0.15, -0.1) is 11.3 Å². The molecule has 0 unspecified atom stereocenters. The van der Waals surface area contributed by atoms with Gasteiger partial charge in [-0.1, -0.05) is 18.2 Å². The largest absolute Gasteiger partial charge is 0.337 e. The van der Waals surface area contributed by atoms with Crippen molar-refractivity contribution in [2.45, 2.75) is 0 Å². The van der Waals surface area contributed by atoms with Gasteiger partial charge >= 0.3 is 0 Å². The number of hydrogen-bond donors (Lipinski definition) is 0. The minimum Gasteiger partial charge on any atom is -0.337 e. The number of nitrogens with zero attached hydrogens (tertiary/aromatic N) is 2. The molecule has 2 heterocycles. The number of benzene rings is 1. The van der Waals surface area contributed by atoms with E-state index in [4.69, 9.17) is 0 Å². The minimum absolute atomic E-state index is 0.0407. The third-order valence-corrected chi connectivity index (χ3v) is 5.06. The van der Waals surface area contributed by atoms with Crippen LogP contribution >= 0.6 is 11.3 Å². The Labute approximate surface area is 139 Å². The molecule has 0 aliphatic carbocycles. The van der Waals surface area contributed by atoms with E-state index in [1.54, 1.807) is 18.2 Å². The second kappa shape index (κ2) is 7.06. The van der Waals surface area contributed by atoms with Crippen molar-refractivity contribution >= 4 is 23.3 Å². The molecule has 0 spiro atoms. The third kappa shape index (κ3) is 3.86. The van der Waals surface area contributed by atoms with Crippen molar-refractivity contribution in [1.82, 2.24) is 9.80 Å². The van der Waals surface area contributed by atoms with Crippen LogP contribution in [0.4, 0.5) is 4.39 Å². The van der Waals surface area contributed by atoms with Crippen LogP contribution < -0.4 is 0 Å². The van der Waals surface area contributed by atoms with Gasteiger partial charge in [0.05, 0.1) is 0 Å². The van der Waals surface area contributed by atoms with Crippen LogP contribution in [0.2, 0.25) is 0 Å². The number of thiophene rings is 1. The molecular weight excluding hydrogens is 311 g/mol. The smallest absolute Gasteiger partial charge is 0.246 e. The first-order valence-corrected chi connectivity index (χ1v) is 8.45. The second-order valence-electron chi connectivity index (χ2n) is 5.64. The molecule has 3 rings (SSSR count). The fourth-order valence-corrected chi connectivity index (χ4v) is 3.47. The third-order valence-electron chi connectivity index (χ3n) is 3.97. The maximum atomic E-state index is 13.8. The van der Waals surface area contributed by atoms with E-state index < -0.39 is 0 Å². The molecule has 0 saturated carbocycles. The highest BCUT2D eigenvalue weighted by molar-refractivity contribution is 7.16. The Morgan fingerprint density at radius 1 is 1.13 bits per heavy atom. The molecule has 1 aliphatic heterocycles. The van der Waals surface area contributed by atoms with Crippen LogP contribution in [0, 0.1) is 5.82 Å². The van der Waals surface area contributed by atoms with Crippen LogP contribution in [0.1, 0.15) is 4.88 Å². The summed E-state index contributed by atoms with van der Waals surface area (Å²) >= 11 is 1.48. The molecule has 1 aromatic heterocycles. The molecule has 2 aromatic rings. The van der Waals surface area contributed by atoms with Gasteiger partial charge in [0.2, 0.25) is 5.91 Å². The van der Waals surface area contributed by atoms with E-state index in [2.05, 4.69) is 11.9 Å². The fraction of sp³-hybridized carbons (Fsp3) is 0.278. The Morgan fingerprint density at radius 2 is 1.87 bits per heavy atom. The van der Waals surface area contributed by atoms with Crippen molar-refractivity contribution in [2.75, 3.05) is 33.2 Å². The van der Waals surface area contributed by atoms with Gasteiger partial charge < -0.3 is 9.80 Å². The molecule has 120 valence electrons. The van der Waals surface area contributed by atoms with Gasteiger partial charge in [0.15, 0.2) is 0 Å². The van der Waals surface area contributed by atoms with Crippen LogP contribution in [-0.2, 0) is 4.79 Å². The van der Waals surface area contributed by atoms with Crippen LogP contribution in [-0.4, -0.2) is 48.9 Å². The van der Waals surface area contributed by atoms with E-state index in [0.717, 1.165) is 35.9 Å². The molecule has 0 atom stereocenters. The molecule has 1 saturated heterocycles. The molecule has 5 heteroatoms. The van der Waals surface area contributed by atoms with Crippen molar-refractivity contribution in [1.29, 1.82) is 0 Å². The van der Waals surface area contributed by atoms with E-state index in [1.165, 1.54) is 17.4 Å². The summed E-state index contributed by atoms with van der Waals surface area (Å²) in [5.74, 6) is -0.183. The minimum atomic E-state index is -0.224. The molecule has 0 radical (unpaired) electrons. The number of rotatable bonds is 3. The number of amides is 1. The lowest BCUT2D eigenvalue weighted by molar-refractivity contribution is -0.127. The van der Waals surface area contributed by atoms with E-state index in [9.17, 15) is 9.18 Å². The Hall–Kier alpha value is -1.98. The summed E-state index contributed by atoms with van der Waals surface area (Å²) < 4.78 is 13.8. The van der Waals surface area contributed by atoms with Crippen molar-refractivity contribution in [2.24, 2.45) is 0 Å². The van der Waals surface area contributed by atoms with Gasteiger partial charge in [-0.25, -0.2) is 4.39 Å². The lowest BCUT2D eigenvalue weighted by atomic mass is 10.2. The maximum Gasteiger partial charge on any atom is 0.246 e. The summed E-state index contributed by atoms with van der Waals surface area (Å²) in [6.45, 7) is 3.36. The summed E-state index contributed by atoms with van der Waals surface area (Å²) in [7, 11) is 2.06. The zero-order valence-electron chi connectivity index (χ0n) is 13.0. The van der Waals surface area contributed by atoms with Gasteiger partial charge in [-0.3, -0.25) is 4.79 Å². The predicted octanol–water partition coefficient (Wildman–Crippen LogP) is 3.34. The summed E-state index contributed by atoms with van der Waals surface area (Å²) in [5.41, 5.74) is 0.600. The second-order valence-corrected chi connectivity index (χ2v) is 6.76. The van der Waals surface area contributed by atoms with Crippen LogP contribution in [0.5, 0.6) is 0 Å². The summed E-state index contributed by atoms with van der Waals surface area (Å²) in [6, 6.07) is 10.5. The topological polar surface area (TPSA) is 23.6 Å². The van der Waals surface area contributed by atoms with E-state index >= 15 is 0 Å². The van der Waals surface area contributed by atoms with Crippen molar-refractivity contribution in [3.63, 3.8) is 0 Å². The summed E-state index contributed by atoms with van der Waals surface area (Å²) in [5, 5.41) is 0. The summed E-state index contributed by atoms with van der Waals surface area (Å²) in [4.78, 5) is 18.1. The molecule has 23 heavy (non-hydrogen) atoms. The summed E-state index contributed by atoms with van der Waals surface area (Å²) in [6.07, 6.45) is 3.43. The van der Waals surface area contributed by atoms with Crippen molar-refractivity contribution < 1.29 is 9.18 Å². The Morgan fingerprint density at radius 3 is 2.61 bits per heavy atom. The van der Waals surface area contributed by atoms with Gasteiger partial charge in [-0.2, -0.15) is 0 Å². The zero-order valence-corrected chi connectivity index (χ0v) is 13.9. The standard InChI is InChI=1S/C18H19FN2OS/c1-20-10-12-21(13-11-20)18(22)9-7-14-6-8-17(23-14)15-4-2-3-5-16(15)19/h2-9H,10-13H2,1H3. The van der Waals surface area contributed by atoms with Gasteiger partial charge in [0.1, 0.15) is 5.82 Å². The maximum absolute atomic E-state index is 13.8. The van der Waals surface area contributed by atoms with Gasteiger partial charge in [0, 0.05) is 47.6 Å². The normalized spacial score (nSPS) is 16.2. The van der Waals surface area contributed by atoms with Crippen LogP contribution in [0.3, 0.4) is 0 Å². The van der Waals surface area contributed by atoms with Crippen LogP contribution in [0.25, 0.3) is 16.5 Å². The highest BCUT2D eigenvalue weighted by Gasteiger charge is 2.16. The highest BCUT2D eigenvalue weighted by atomic mass is 32.1. The Balaban J connectivity index is 1.67. The SMILES string of the molecule is CN1CCN(C(=O)C=Cc2ccc(-c3ccccc3F)s2)CC1. The number of carbonyl (C=O) groups excluding carboxylic acids is 1. The first-order chi connectivity index (χ1) is 11.1. The molecule has 1 aromatic carbocycles. The zero-order chi connectivity index (χ0) is 16.2. The highest BCUT2D eigenvalue weighted by Crippen LogP contribution is 2.30. The number of hydrogen-bond acceptors (Lipinski definition) is 3. The van der Waals surface area contributed by atoms with E-state index in [1.807, 2.05) is 29.2 Å². The Bertz CT molecular complexity index is 717. The Kier molecular flexibility index (Phi) is 4.88. The number of halogens is 1. The molecule has 3 nitrogen and oxygen atoms in total. The predicted molar refractivity (Wildman–Crippen MR) is 92.8 cm³/mol. The first-order valence-electron chi connectivity index (χ1n) is 7.64. The molecule has 1 fully saturated rings. The van der Waals surface area contributed by atoms with E-state index in [0.29, 0.717) is 5.56 Å². The van der Waals surface area contributed by atoms with Gasteiger partial charge in [-0.05, 0) is 31.3 Å². The van der Waals surface area contributed by atoms with Crippen molar-refractivity contribution in [3.05, 3.63) is 53.2 Å². The number of likely N-dealkylation sites (N-methyl/N-ethyl adjacent to an activating group) is 1. The molecule has 1 aliphatic rings. The van der Waals surface area contributed by atoms with E-state index in [-0.39, 0.29) is 11.7 Å². The monoisotopic (exact) mass is 330 g/mol.